The van der Waals surface area contributed by atoms with Crippen molar-refractivity contribution in [3.8, 4) is 0 Å². The van der Waals surface area contributed by atoms with Crippen LogP contribution in [0.25, 0.3) is 0 Å². The van der Waals surface area contributed by atoms with Gasteiger partial charge in [0.2, 0.25) is 21.8 Å². The fourth-order valence-electron chi connectivity index (χ4n) is 4.67. The molecule has 3 heterocycles. The maximum absolute atomic E-state index is 13.5. The zero-order valence-corrected chi connectivity index (χ0v) is 20.8. The molecule has 0 aromatic carbocycles. The van der Waals surface area contributed by atoms with Crippen LogP contribution < -0.4 is 5.32 Å². The van der Waals surface area contributed by atoms with Gasteiger partial charge >= 0.3 is 0 Å². The third-order valence-corrected chi connectivity index (χ3v) is 8.24. The van der Waals surface area contributed by atoms with E-state index in [1.807, 2.05) is 25.7 Å². The van der Waals surface area contributed by atoms with Gasteiger partial charge in [-0.1, -0.05) is 0 Å². The molecule has 3 rings (SSSR count). The molecule has 2 aliphatic rings. The van der Waals surface area contributed by atoms with Crippen LogP contribution in [-0.2, 0) is 26.2 Å². The molecule has 2 fully saturated rings. The van der Waals surface area contributed by atoms with E-state index in [-0.39, 0.29) is 41.3 Å². The SMILES string of the molecule is Cc1nn(CC(=O)NC(C)(C)C)c(C)c1S(=O)(=O)N1CCC[C@@H](C(=O)N2CCCCC2)C1. The summed E-state index contributed by atoms with van der Waals surface area (Å²) >= 11 is 0. The van der Waals surface area contributed by atoms with Crippen molar-refractivity contribution >= 4 is 21.8 Å². The third kappa shape index (κ3) is 5.51. The third-order valence-electron chi connectivity index (χ3n) is 6.12. The second-order valence-electron chi connectivity index (χ2n) is 10.0. The minimum Gasteiger partial charge on any atom is -0.350 e. The van der Waals surface area contributed by atoms with Crippen LogP contribution in [0.5, 0.6) is 0 Å². The molecule has 9 nitrogen and oxygen atoms in total. The molecule has 1 aromatic heterocycles. The lowest BCUT2D eigenvalue weighted by atomic mass is 9.97. The van der Waals surface area contributed by atoms with Gasteiger partial charge in [0.25, 0.3) is 0 Å². The normalized spacial score (nSPS) is 20.9. The molecular weight excluding hydrogens is 430 g/mol. The summed E-state index contributed by atoms with van der Waals surface area (Å²) in [5.74, 6) is -0.449. The van der Waals surface area contributed by atoms with Gasteiger partial charge in [-0.3, -0.25) is 14.3 Å². The second kappa shape index (κ2) is 9.51. The number of likely N-dealkylation sites (tertiary alicyclic amines) is 1. The van der Waals surface area contributed by atoms with E-state index in [0.29, 0.717) is 30.8 Å². The first-order valence-electron chi connectivity index (χ1n) is 11.5. The van der Waals surface area contributed by atoms with Crippen molar-refractivity contribution in [2.45, 2.75) is 83.7 Å². The Morgan fingerprint density at radius 1 is 1.06 bits per heavy atom. The van der Waals surface area contributed by atoms with Gasteiger partial charge in [-0.2, -0.15) is 9.40 Å². The highest BCUT2D eigenvalue weighted by atomic mass is 32.2. The second-order valence-corrected chi connectivity index (χ2v) is 11.9. The Bertz CT molecular complexity index is 958. The molecule has 0 radical (unpaired) electrons. The number of rotatable bonds is 5. The fraction of sp³-hybridized carbons (Fsp3) is 0.773. The summed E-state index contributed by atoms with van der Waals surface area (Å²) in [5, 5.41) is 7.22. The Labute approximate surface area is 191 Å². The first-order valence-corrected chi connectivity index (χ1v) is 13.0. The van der Waals surface area contributed by atoms with E-state index in [0.717, 1.165) is 32.4 Å². The van der Waals surface area contributed by atoms with Crippen molar-refractivity contribution in [3.05, 3.63) is 11.4 Å². The predicted molar refractivity (Wildman–Crippen MR) is 122 cm³/mol. The first kappa shape index (κ1) is 24.7. The molecule has 32 heavy (non-hydrogen) atoms. The van der Waals surface area contributed by atoms with Crippen LogP contribution in [0.3, 0.4) is 0 Å². The molecule has 0 bridgehead atoms. The molecule has 2 amide bonds. The Morgan fingerprint density at radius 2 is 1.72 bits per heavy atom. The monoisotopic (exact) mass is 467 g/mol. The maximum atomic E-state index is 13.5. The number of carbonyl (C=O) groups excluding carboxylic acids is 2. The number of piperidine rings is 2. The smallest absolute Gasteiger partial charge is 0.246 e. The Kier molecular flexibility index (Phi) is 7.34. The van der Waals surface area contributed by atoms with Gasteiger partial charge in [0, 0.05) is 31.7 Å². The molecule has 180 valence electrons. The lowest BCUT2D eigenvalue weighted by Crippen LogP contribution is -2.48. The molecule has 0 unspecified atom stereocenters. The molecule has 0 aliphatic carbocycles. The van der Waals surface area contributed by atoms with Crippen molar-refractivity contribution < 1.29 is 18.0 Å². The summed E-state index contributed by atoms with van der Waals surface area (Å²) in [4.78, 5) is 27.4. The number of sulfonamides is 1. The molecule has 0 saturated carbocycles. The summed E-state index contributed by atoms with van der Waals surface area (Å²) in [7, 11) is -3.82. The number of aryl methyl sites for hydroxylation is 1. The quantitative estimate of drug-likeness (QED) is 0.711. The van der Waals surface area contributed by atoms with Crippen LogP contribution >= 0.6 is 0 Å². The zero-order chi connectivity index (χ0) is 23.7. The molecule has 0 spiro atoms. The van der Waals surface area contributed by atoms with Crippen LogP contribution in [0.1, 0.15) is 64.3 Å². The van der Waals surface area contributed by atoms with Gasteiger partial charge < -0.3 is 10.2 Å². The largest absolute Gasteiger partial charge is 0.350 e. The predicted octanol–water partition coefficient (Wildman–Crippen LogP) is 1.83. The van der Waals surface area contributed by atoms with Crippen molar-refractivity contribution in [1.82, 2.24) is 24.3 Å². The van der Waals surface area contributed by atoms with Crippen molar-refractivity contribution in [2.24, 2.45) is 5.92 Å². The Balaban J connectivity index is 1.77. The van der Waals surface area contributed by atoms with E-state index in [4.69, 9.17) is 0 Å². The highest BCUT2D eigenvalue weighted by Crippen LogP contribution is 2.29. The summed E-state index contributed by atoms with van der Waals surface area (Å²) in [5.41, 5.74) is 0.429. The Hall–Kier alpha value is -1.94. The summed E-state index contributed by atoms with van der Waals surface area (Å²) < 4.78 is 30.0. The number of aromatic nitrogens is 2. The van der Waals surface area contributed by atoms with Gasteiger partial charge in [0.15, 0.2) is 0 Å². The fourth-order valence-corrected chi connectivity index (χ4v) is 6.56. The van der Waals surface area contributed by atoms with E-state index in [1.54, 1.807) is 13.8 Å². The minimum atomic E-state index is -3.82. The average Bonchev–Trinajstić information content (AvgIpc) is 3.00. The van der Waals surface area contributed by atoms with E-state index in [1.165, 1.54) is 8.99 Å². The Morgan fingerprint density at radius 3 is 2.34 bits per heavy atom. The standard InChI is InChI=1S/C22H37N5O4S/c1-16-20(17(2)27(24-16)15-19(28)23-22(3,4)5)32(30,31)26-13-9-10-18(14-26)21(29)25-11-7-6-8-12-25/h18H,6-15H2,1-5H3,(H,23,28)/t18-/m1/s1. The number of hydrogen-bond donors (Lipinski definition) is 1. The molecule has 1 atom stereocenters. The van der Waals surface area contributed by atoms with Gasteiger partial charge in [-0.15, -0.1) is 0 Å². The van der Waals surface area contributed by atoms with E-state index in [2.05, 4.69) is 10.4 Å². The first-order chi connectivity index (χ1) is 14.9. The van der Waals surface area contributed by atoms with Crippen molar-refractivity contribution in [1.29, 1.82) is 0 Å². The molecule has 2 aliphatic heterocycles. The van der Waals surface area contributed by atoms with E-state index >= 15 is 0 Å². The summed E-state index contributed by atoms with van der Waals surface area (Å²) in [6, 6.07) is 0. The lowest BCUT2D eigenvalue weighted by molar-refractivity contribution is -0.137. The van der Waals surface area contributed by atoms with Crippen molar-refractivity contribution in [3.63, 3.8) is 0 Å². The van der Waals surface area contributed by atoms with Crippen LogP contribution in [0.15, 0.2) is 4.90 Å². The summed E-state index contributed by atoms with van der Waals surface area (Å²) in [6.07, 6.45) is 4.54. The topological polar surface area (TPSA) is 105 Å². The van der Waals surface area contributed by atoms with Crippen LogP contribution in [-0.4, -0.2) is 70.9 Å². The number of nitrogens with one attached hydrogen (secondary N) is 1. The van der Waals surface area contributed by atoms with E-state index in [9.17, 15) is 18.0 Å². The van der Waals surface area contributed by atoms with Crippen LogP contribution in [0.2, 0.25) is 0 Å². The molecule has 10 heteroatoms. The van der Waals surface area contributed by atoms with Gasteiger partial charge in [0.1, 0.15) is 11.4 Å². The van der Waals surface area contributed by atoms with E-state index < -0.39 is 10.0 Å². The summed E-state index contributed by atoms with van der Waals surface area (Å²) in [6.45, 7) is 11.1. The molecule has 1 N–H and O–H groups in total. The number of nitrogens with zero attached hydrogens (tertiary/aromatic N) is 4. The maximum Gasteiger partial charge on any atom is 0.246 e. The average molecular weight is 468 g/mol. The van der Waals surface area contributed by atoms with Crippen molar-refractivity contribution in [2.75, 3.05) is 26.2 Å². The van der Waals surface area contributed by atoms with Gasteiger partial charge in [-0.05, 0) is 66.7 Å². The van der Waals surface area contributed by atoms with Gasteiger partial charge in [0.05, 0.1) is 17.3 Å². The lowest BCUT2D eigenvalue weighted by Gasteiger charge is -2.35. The molecule has 1 aromatic rings. The number of amides is 2. The van der Waals surface area contributed by atoms with Gasteiger partial charge in [-0.25, -0.2) is 8.42 Å². The molecular formula is C22H37N5O4S. The number of hydrogen-bond acceptors (Lipinski definition) is 5. The molecule has 2 saturated heterocycles. The minimum absolute atomic E-state index is 0.0461. The van der Waals surface area contributed by atoms with Crippen LogP contribution in [0.4, 0.5) is 0 Å². The number of carbonyl (C=O) groups is 2. The van der Waals surface area contributed by atoms with Crippen LogP contribution in [0, 0.1) is 19.8 Å². The zero-order valence-electron chi connectivity index (χ0n) is 20.0. The highest BCUT2D eigenvalue weighted by Gasteiger charge is 2.38. The highest BCUT2D eigenvalue weighted by molar-refractivity contribution is 7.89.